The largest absolute Gasteiger partial charge is 0.479 e. The molecule has 1 saturated heterocycles. The van der Waals surface area contributed by atoms with Gasteiger partial charge >= 0.3 is 5.97 Å². The molecule has 0 spiro atoms. The summed E-state index contributed by atoms with van der Waals surface area (Å²) in [6.07, 6.45) is 2.95. The Bertz CT molecular complexity index is 1240. The number of hydrogen-bond donors (Lipinski definition) is 2. The van der Waals surface area contributed by atoms with E-state index in [2.05, 4.69) is 37.1 Å². The summed E-state index contributed by atoms with van der Waals surface area (Å²) < 4.78 is 27.1. The van der Waals surface area contributed by atoms with Crippen LogP contribution in [0, 0.1) is 17.8 Å². The van der Waals surface area contributed by atoms with Crippen LogP contribution in [0.4, 0.5) is 14.7 Å². The van der Waals surface area contributed by atoms with E-state index in [1.54, 1.807) is 19.2 Å². The molecule has 1 aliphatic rings. The van der Waals surface area contributed by atoms with E-state index >= 15 is 0 Å². The molecule has 4 heterocycles. The van der Waals surface area contributed by atoms with E-state index in [-0.39, 0.29) is 12.1 Å². The number of aromatic nitrogens is 5. The zero-order valence-corrected chi connectivity index (χ0v) is 18.0. The van der Waals surface area contributed by atoms with E-state index in [0.29, 0.717) is 23.1 Å². The Morgan fingerprint density at radius 3 is 2.70 bits per heavy atom. The lowest BCUT2D eigenvalue weighted by atomic mass is 10.2. The molecule has 2 N–H and O–H groups in total. The lowest BCUT2D eigenvalue weighted by Crippen LogP contribution is -2.44. The molecule has 3 aromatic rings. The molecule has 0 bridgehead atoms. The van der Waals surface area contributed by atoms with Crippen molar-refractivity contribution in [2.24, 2.45) is 0 Å². The first-order valence-electron chi connectivity index (χ1n) is 10.1. The average Bonchev–Trinajstić information content (AvgIpc) is 3.20. The number of nitrogens with zero attached hydrogens (tertiary/aromatic N) is 6. The van der Waals surface area contributed by atoms with Crippen molar-refractivity contribution in [2.75, 3.05) is 37.8 Å². The second-order valence-corrected chi connectivity index (χ2v) is 7.02. The van der Waals surface area contributed by atoms with Crippen LogP contribution in [0.25, 0.3) is 11.0 Å². The monoisotopic (exact) mass is 459 g/mol. The third-order valence-electron chi connectivity index (χ3n) is 4.78. The number of halogens is 2. The number of alkyl halides is 1. The molecule has 1 fully saturated rings. The highest BCUT2D eigenvalue weighted by molar-refractivity contribution is 5.77. The number of hydrogen-bond acceptors (Lipinski definition) is 7. The Morgan fingerprint density at radius 2 is 2.06 bits per heavy atom. The summed E-state index contributed by atoms with van der Waals surface area (Å²) in [6, 6.07) is 2.96. The number of carbonyl (C=O) groups is 1. The number of anilines is 1. The van der Waals surface area contributed by atoms with Crippen molar-refractivity contribution < 1.29 is 18.7 Å². The van der Waals surface area contributed by atoms with Gasteiger partial charge in [0.1, 0.15) is 11.0 Å². The van der Waals surface area contributed by atoms with Gasteiger partial charge in [-0.3, -0.25) is 9.36 Å². The molecular weight excluding hydrogens is 436 g/mol. The van der Waals surface area contributed by atoms with Crippen LogP contribution in [0.3, 0.4) is 0 Å². The molecule has 174 valence electrons. The molecule has 33 heavy (non-hydrogen) atoms. The molecule has 3 aromatic heterocycles. The molecule has 4 rings (SSSR count). The predicted octanol–water partition coefficient (Wildman–Crippen LogP) is 0.649. The number of fused-ring (bicyclic) bond motifs is 1. The van der Waals surface area contributed by atoms with E-state index in [0.717, 1.165) is 32.1 Å². The first kappa shape index (κ1) is 23.8. The zero-order chi connectivity index (χ0) is 23.8. The van der Waals surface area contributed by atoms with Crippen molar-refractivity contribution in [1.82, 2.24) is 29.6 Å². The minimum absolute atomic E-state index is 0.155. The van der Waals surface area contributed by atoms with Gasteiger partial charge in [0.2, 0.25) is 11.9 Å². The number of aliphatic carboxylic acids is 1. The van der Waals surface area contributed by atoms with Gasteiger partial charge in [0.25, 0.3) is 5.56 Å². The molecule has 0 unspecified atom stereocenters. The minimum Gasteiger partial charge on any atom is -0.479 e. The predicted molar refractivity (Wildman–Crippen MR) is 117 cm³/mol. The summed E-state index contributed by atoms with van der Waals surface area (Å²) in [5.41, 5.74) is 1.33. The SMILES string of the molecule is CC#CCn1c(N2CCNCC2)nc2cnn(Cc3ccnc(F)c3)c(=O)c21.O=C(O)CF. The molecule has 1 aliphatic heterocycles. The maximum atomic E-state index is 13.4. The van der Waals surface area contributed by atoms with Gasteiger partial charge in [0.15, 0.2) is 6.67 Å². The van der Waals surface area contributed by atoms with Gasteiger partial charge in [-0.25, -0.2) is 23.8 Å². The fraction of sp³-hybridized carbons (Fsp3) is 0.381. The summed E-state index contributed by atoms with van der Waals surface area (Å²) in [4.78, 5) is 32.5. The van der Waals surface area contributed by atoms with Crippen molar-refractivity contribution in [2.45, 2.75) is 20.0 Å². The molecular formula is C21H23F2N7O3. The fourth-order valence-corrected chi connectivity index (χ4v) is 3.31. The van der Waals surface area contributed by atoms with Crippen LogP contribution in [0.2, 0.25) is 0 Å². The van der Waals surface area contributed by atoms with Gasteiger partial charge in [0.05, 0.1) is 19.3 Å². The zero-order valence-electron chi connectivity index (χ0n) is 18.0. The Kier molecular flexibility index (Phi) is 8.04. The maximum Gasteiger partial charge on any atom is 0.335 e. The van der Waals surface area contributed by atoms with Crippen LogP contribution in [-0.4, -0.2) is 68.2 Å². The fourth-order valence-electron chi connectivity index (χ4n) is 3.31. The highest BCUT2D eigenvalue weighted by Crippen LogP contribution is 2.20. The second-order valence-electron chi connectivity index (χ2n) is 7.02. The van der Waals surface area contributed by atoms with Crippen LogP contribution in [0.1, 0.15) is 12.5 Å². The molecule has 0 saturated carbocycles. The smallest absolute Gasteiger partial charge is 0.335 e. The van der Waals surface area contributed by atoms with Crippen LogP contribution in [0.15, 0.2) is 29.3 Å². The maximum absolute atomic E-state index is 13.4. The summed E-state index contributed by atoms with van der Waals surface area (Å²) >= 11 is 0. The number of piperazine rings is 1. The molecule has 12 heteroatoms. The summed E-state index contributed by atoms with van der Waals surface area (Å²) in [5, 5.41) is 14.9. The Balaban J connectivity index is 0.000000555. The Labute approximate surface area is 187 Å². The lowest BCUT2D eigenvalue weighted by Gasteiger charge is -2.28. The third kappa shape index (κ3) is 5.89. The van der Waals surface area contributed by atoms with E-state index in [9.17, 15) is 13.6 Å². The lowest BCUT2D eigenvalue weighted by molar-refractivity contribution is -0.137. The van der Waals surface area contributed by atoms with E-state index < -0.39 is 18.6 Å². The van der Waals surface area contributed by atoms with Gasteiger partial charge in [-0.15, -0.1) is 5.92 Å². The Morgan fingerprint density at radius 1 is 1.33 bits per heavy atom. The minimum atomic E-state index is -1.41. The van der Waals surface area contributed by atoms with Crippen molar-refractivity contribution in [3.63, 3.8) is 0 Å². The Hall–Kier alpha value is -3.85. The highest BCUT2D eigenvalue weighted by atomic mass is 19.1. The van der Waals surface area contributed by atoms with Crippen LogP contribution in [0.5, 0.6) is 0 Å². The van der Waals surface area contributed by atoms with E-state index in [1.165, 1.54) is 16.9 Å². The van der Waals surface area contributed by atoms with E-state index in [4.69, 9.17) is 9.90 Å². The topological polar surface area (TPSA) is 118 Å². The first-order valence-corrected chi connectivity index (χ1v) is 10.1. The summed E-state index contributed by atoms with van der Waals surface area (Å²) in [7, 11) is 0. The van der Waals surface area contributed by atoms with Crippen molar-refractivity contribution in [3.8, 4) is 11.8 Å². The molecule has 0 aliphatic carbocycles. The van der Waals surface area contributed by atoms with Gasteiger partial charge in [0, 0.05) is 32.4 Å². The molecule has 0 atom stereocenters. The molecule has 0 amide bonds. The van der Waals surface area contributed by atoms with Crippen LogP contribution in [-0.2, 0) is 17.9 Å². The van der Waals surface area contributed by atoms with Crippen molar-refractivity contribution in [3.05, 3.63) is 46.4 Å². The number of nitrogens with one attached hydrogen (secondary N) is 1. The average molecular weight is 459 g/mol. The van der Waals surface area contributed by atoms with Crippen molar-refractivity contribution >= 4 is 23.0 Å². The normalized spacial score (nSPS) is 13.1. The third-order valence-corrected chi connectivity index (χ3v) is 4.78. The number of pyridine rings is 1. The molecule has 10 nitrogen and oxygen atoms in total. The second kappa shape index (κ2) is 11.1. The van der Waals surface area contributed by atoms with E-state index in [1.807, 2.05) is 4.57 Å². The van der Waals surface area contributed by atoms with Crippen LogP contribution < -0.4 is 15.8 Å². The number of imidazole rings is 1. The summed E-state index contributed by atoms with van der Waals surface area (Å²) in [5.74, 6) is 4.64. The number of carboxylic acid groups (broad SMARTS) is 1. The first-order chi connectivity index (χ1) is 15.9. The van der Waals surface area contributed by atoms with Gasteiger partial charge in [-0.2, -0.15) is 9.49 Å². The summed E-state index contributed by atoms with van der Waals surface area (Å²) in [6.45, 7) is 4.34. The van der Waals surface area contributed by atoms with Crippen molar-refractivity contribution in [1.29, 1.82) is 0 Å². The number of rotatable bonds is 5. The van der Waals surface area contributed by atoms with Gasteiger partial charge in [-0.05, 0) is 24.6 Å². The number of carboxylic acids is 1. The van der Waals surface area contributed by atoms with Crippen LogP contribution >= 0.6 is 0 Å². The molecule has 0 aromatic carbocycles. The highest BCUT2D eigenvalue weighted by Gasteiger charge is 2.21. The van der Waals surface area contributed by atoms with Gasteiger partial charge in [-0.1, -0.05) is 5.92 Å². The molecule has 0 radical (unpaired) electrons. The standard InChI is InChI=1S/C19H20FN7O.C2H3FO2/c1-2-3-8-26-17-15(24-19(26)25-9-6-21-7-10-25)12-23-27(18(17)28)13-14-4-5-22-16(20)11-14;3-1-2(4)5/h4-5,11-12,21H,6-10,13H2,1H3;1H2,(H,4,5). The van der Waals surface area contributed by atoms with Gasteiger partial charge < -0.3 is 15.3 Å². The quantitative estimate of drug-likeness (QED) is 0.422.